The molecule has 0 saturated heterocycles. The van der Waals surface area contributed by atoms with Gasteiger partial charge in [0.15, 0.2) is 12.2 Å². The average Bonchev–Trinajstić information content (AvgIpc) is 3.05. The SMILES string of the molecule is CC(C)(C)OC(=O)[C@H](OCCO)[C@@H](OCCCCCc1ccc2ccccc2c1)C(=O)NCCCCCc1ccc2ccccc2c1. The molecule has 0 aliphatic carbocycles. The van der Waals surface area contributed by atoms with Crippen LogP contribution in [0.4, 0.5) is 0 Å². The molecule has 0 unspecified atom stereocenters. The summed E-state index contributed by atoms with van der Waals surface area (Å²) in [5.74, 6) is -1.10. The molecule has 0 aromatic heterocycles. The Morgan fingerprint density at radius 3 is 1.74 bits per heavy atom. The molecule has 0 saturated carbocycles. The van der Waals surface area contributed by atoms with Crippen LogP contribution in [0.2, 0.25) is 0 Å². The maximum atomic E-state index is 13.4. The number of aliphatic hydroxyl groups excluding tert-OH is 1. The van der Waals surface area contributed by atoms with E-state index in [1.54, 1.807) is 20.8 Å². The highest BCUT2D eigenvalue weighted by Gasteiger charge is 2.38. The Labute approximate surface area is 279 Å². The normalized spacial score (nSPS) is 13.0. The van der Waals surface area contributed by atoms with Crippen molar-refractivity contribution in [3.05, 3.63) is 96.1 Å². The molecule has 4 aromatic rings. The summed E-state index contributed by atoms with van der Waals surface area (Å²) >= 11 is 0. The van der Waals surface area contributed by atoms with Crippen LogP contribution in [-0.4, -0.2) is 61.2 Å². The molecule has 0 fully saturated rings. The van der Waals surface area contributed by atoms with Gasteiger partial charge in [0.05, 0.1) is 13.2 Å². The molecule has 0 radical (unpaired) electrons. The maximum Gasteiger partial charge on any atom is 0.339 e. The molecule has 0 aliphatic heterocycles. The predicted octanol–water partition coefficient (Wildman–Crippen LogP) is 7.34. The van der Waals surface area contributed by atoms with E-state index in [0.717, 1.165) is 51.4 Å². The Morgan fingerprint density at radius 2 is 1.19 bits per heavy atom. The minimum atomic E-state index is -1.29. The first kappa shape index (κ1) is 36.1. The van der Waals surface area contributed by atoms with Gasteiger partial charge in [0.25, 0.3) is 5.91 Å². The minimum absolute atomic E-state index is 0.114. The quantitative estimate of drug-likeness (QED) is 0.0822. The summed E-state index contributed by atoms with van der Waals surface area (Å²) in [6.07, 6.45) is 4.84. The second-order valence-corrected chi connectivity index (χ2v) is 13.1. The molecule has 4 aromatic carbocycles. The van der Waals surface area contributed by atoms with Gasteiger partial charge in [0.2, 0.25) is 0 Å². The van der Waals surface area contributed by atoms with Crippen LogP contribution in [0.3, 0.4) is 0 Å². The standard InChI is InChI=1S/C40H51NO6/c1-40(2,3)47-39(44)37(46-27-25-42)36(45-26-13-5-7-15-31-21-23-33-17-9-11-19-35(33)29-31)38(43)41-24-12-4-6-14-30-20-22-32-16-8-10-18-34(32)28-30/h8-11,16-23,28-29,36-37,42H,4-7,12-15,24-27H2,1-3H3,(H,41,43)/t36-,37-/m1/s1. The number of rotatable bonds is 19. The fraction of sp³-hybridized carbons (Fsp3) is 0.450. The molecule has 7 nitrogen and oxygen atoms in total. The summed E-state index contributed by atoms with van der Waals surface area (Å²) in [5.41, 5.74) is 1.83. The van der Waals surface area contributed by atoms with Crippen molar-refractivity contribution < 1.29 is 28.9 Å². The highest BCUT2D eigenvalue weighted by atomic mass is 16.6. The molecule has 1 amide bonds. The van der Waals surface area contributed by atoms with E-state index in [-0.39, 0.29) is 13.2 Å². The Kier molecular flexibility index (Phi) is 14.2. The first-order valence-corrected chi connectivity index (χ1v) is 17.0. The average molecular weight is 642 g/mol. The third-order valence-electron chi connectivity index (χ3n) is 8.04. The topological polar surface area (TPSA) is 94.1 Å². The fourth-order valence-corrected chi connectivity index (χ4v) is 5.67. The number of aliphatic hydroxyl groups is 1. The number of ether oxygens (including phenoxy) is 3. The lowest BCUT2D eigenvalue weighted by molar-refractivity contribution is -0.183. The summed E-state index contributed by atoms with van der Waals surface area (Å²) in [6, 6.07) is 29.9. The van der Waals surface area contributed by atoms with Crippen LogP contribution >= 0.6 is 0 Å². The number of nitrogens with one attached hydrogen (secondary N) is 1. The molecule has 4 rings (SSSR count). The zero-order chi connectivity index (χ0) is 33.5. The first-order chi connectivity index (χ1) is 22.7. The van der Waals surface area contributed by atoms with Gasteiger partial charge in [0, 0.05) is 13.2 Å². The van der Waals surface area contributed by atoms with Gasteiger partial charge in [0.1, 0.15) is 5.60 Å². The van der Waals surface area contributed by atoms with Crippen molar-refractivity contribution >= 4 is 33.4 Å². The van der Waals surface area contributed by atoms with Crippen LogP contribution in [0.1, 0.15) is 70.4 Å². The lowest BCUT2D eigenvalue weighted by Crippen LogP contribution is -2.51. The number of amides is 1. The van der Waals surface area contributed by atoms with Gasteiger partial charge < -0.3 is 24.6 Å². The molecular weight excluding hydrogens is 590 g/mol. The molecule has 0 bridgehead atoms. The van der Waals surface area contributed by atoms with Crippen LogP contribution in [0, 0.1) is 0 Å². The van der Waals surface area contributed by atoms with Crippen LogP contribution < -0.4 is 5.32 Å². The number of carbonyl (C=O) groups is 2. The molecule has 7 heteroatoms. The second-order valence-electron chi connectivity index (χ2n) is 13.1. The lowest BCUT2D eigenvalue weighted by Gasteiger charge is -2.28. The first-order valence-electron chi connectivity index (χ1n) is 17.0. The summed E-state index contributed by atoms with van der Waals surface area (Å²) in [4.78, 5) is 26.6. The van der Waals surface area contributed by atoms with E-state index in [9.17, 15) is 14.7 Å². The molecule has 0 aliphatic rings. The second kappa shape index (κ2) is 18.5. The van der Waals surface area contributed by atoms with Crippen LogP contribution in [0.25, 0.3) is 21.5 Å². The minimum Gasteiger partial charge on any atom is -0.458 e. The van der Waals surface area contributed by atoms with E-state index in [1.165, 1.54) is 32.7 Å². The Hall–Kier alpha value is -3.78. The van der Waals surface area contributed by atoms with Gasteiger partial charge in [-0.05, 0) is 92.0 Å². The van der Waals surface area contributed by atoms with Gasteiger partial charge in [-0.3, -0.25) is 4.79 Å². The Balaban J connectivity index is 1.26. The molecule has 0 spiro atoms. The van der Waals surface area contributed by atoms with Gasteiger partial charge in [-0.15, -0.1) is 0 Å². The third-order valence-corrected chi connectivity index (χ3v) is 8.04. The molecule has 252 valence electrons. The van der Waals surface area contributed by atoms with Crippen molar-refractivity contribution in [3.63, 3.8) is 0 Å². The van der Waals surface area contributed by atoms with Gasteiger partial charge in [-0.1, -0.05) is 97.8 Å². The van der Waals surface area contributed by atoms with Crippen molar-refractivity contribution in [3.8, 4) is 0 Å². The van der Waals surface area contributed by atoms with E-state index in [2.05, 4.69) is 84.2 Å². The number of esters is 1. The number of hydrogen-bond acceptors (Lipinski definition) is 6. The molecule has 2 N–H and O–H groups in total. The predicted molar refractivity (Wildman–Crippen MR) is 188 cm³/mol. The van der Waals surface area contributed by atoms with Gasteiger partial charge >= 0.3 is 5.97 Å². The number of hydrogen-bond donors (Lipinski definition) is 2. The van der Waals surface area contributed by atoms with Crippen molar-refractivity contribution in [2.45, 2.75) is 89.9 Å². The summed E-state index contributed by atoms with van der Waals surface area (Å²) in [7, 11) is 0. The van der Waals surface area contributed by atoms with Crippen molar-refractivity contribution in [2.24, 2.45) is 0 Å². The van der Waals surface area contributed by atoms with E-state index in [1.807, 2.05) is 6.07 Å². The zero-order valence-electron chi connectivity index (χ0n) is 28.2. The van der Waals surface area contributed by atoms with Crippen molar-refractivity contribution in [2.75, 3.05) is 26.4 Å². The maximum absolute atomic E-state index is 13.4. The Bertz CT molecular complexity index is 1560. The van der Waals surface area contributed by atoms with E-state index in [0.29, 0.717) is 13.2 Å². The van der Waals surface area contributed by atoms with E-state index >= 15 is 0 Å². The number of benzene rings is 4. The number of fused-ring (bicyclic) bond motifs is 2. The summed E-state index contributed by atoms with van der Waals surface area (Å²) in [5, 5.41) is 17.3. The zero-order valence-corrected chi connectivity index (χ0v) is 28.2. The number of aryl methyl sites for hydroxylation is 2. The molecule has 2 atom stereocenters. The van der Waals surface area contributed by atoms with Crippen molar-refractivity contribution in [1.29, 1.82) is 0 Å². The largest absolute Gasteiger partial charge is 0.458 e. The van der Waals surface area contributed by atoms with Crippen LogP contribution in [0.5, 0.6) is 0 Å². The lowest BCUT2D eigenvalue weighted by atomic mass is 10.0. The Morgan fingerprint density at radius 1 is 0.660 bits per heavy atom. The third kappa shape index (κ3) is 12.1. The monoisotopic (exact) mass is 641 g/mol. The van der Waals surface area contributed by atoms with Crippen LogP contribution in [0.15, 0.2) is 84.9 Å². The van der Waals surface area contributed by atoms with Crippen molar-refractivity contribution in [1.82, 2.24) is 5.32 Å². The highest BCUT2D eigenvalue weighted by Crippen LogP contribution is 2.19. The molecule has 0 heterocycles. The number of unbranched alkanes of at least 4 members (excludes halogenated alkanes) is 4. The highest BCUT2D eigenvalue weighted by molar-refractivity contribution is 5.89. The van der Waals surface area contributed by atoms with E-state index in [4.69, 9.17) is 14.2 Å². The smallest absolute Gasteiger partial charge is 0.339 e. The van der Waals surface area contributed by atoms with Gasteiger partial charge in [-0.2, -0.15) is 0 Å². The van der Waals surface area contributed by atoms with Crippen LogP contribution in [-0.2, 0) is 36.6 Å². The molecular formula is C40H51NO6. The summed E-state index contributed by atoms with van der Waals surface area (Å²) < 4.78 is 17.3. The van der Waals surface area contributed by atoms with Gasteiger partial charge in [-0.25, -0.2) is 4.79 Å². The number of carbonyl (C=O) groups excluding carboxylic acids is 2. The van der Waals surface area contributed by atoms with E-state index < -0.39 is 29.7 Å². The molecule has 47 heavy (non-hydrogen) atoms. The fourth-order valence-electron chi connectivity index (χ4n) is 5.67. The summed E-state index contributed by atoms with van der Waals surface area (Å²) in [6.45, 7) is 5.63.